The number of fused-ring (bicyclic) bond motifs is 1. The lowest BCUT2D eigenvalue weighted by Gasteiger charge is -2.28. The molecule has 100 valence electrons. The quantitative estimate of drug-likeness (QED) is 0.843. The topological polar surface area (TPSA) is 61.3 Å². The van der Waals surface area contributed by atoms with Crippen LogP contribution in [0.2, 0.25) is 0 Å². The molecule has 1 saturated heterocycles. The highest BCUT2D eigenvalue weighted by Crippen LogP contribution is 2.15. The maximum absolute atomic E-state index is 10.2. The number of hydrogen-bond acceptors (Lipinski definition) is 5. The third-order valence-electron chi connectivity index (χ3n) is 3.45. The van der Waals surface area contributed by atoms with Crippen LogP contribution >= 0.6 is 0 Å². The lowest BCUT2D eigenvalue weighted by atomic mass is 10.2. The average molecular weight is 258 g/mol. The molecular formula is C14H18N4O. The lowest BCUT2D eigenvalue weighted by Crippen LogP contribution is -2.45. The van der Waals surface area contributed by atoms with Crippen LogP contribution in [0.1, 0.15) is 11.9 Å². The van der Waals surface area contributed by atoms with Crippen molar-refractivity contribution >= 4 is 10.9 Å². The first-order valence-electron chi connectivity index (χ1n) is 6.66. The van der Waals surface area contributed by atoms with Gasteiger partial charge in [0.15, 0.2) is 5.82 Å². The third kappa shape index (κ3) is 2.89. The molecule has 2 aromatic rings. The minimum absolute atomic E-state index is 0.511. The molecule has 3 rings (SSSR count). The Kier molecular flexibility index (Phi) is 3.68. The summed E-state index contributed by atoms with van der Waals surface area (Å²) >= 11 is 0. The van der Waals surface area contributed by atoms with Crippen molar-refractivity contribution in [2.45, 2.75) is 6.10 Å². The van der Waals surface area contributed by atoms with Gasteiger partial charge in [0.25, 0.3) is 0 Å². The molecular weight excluding hydrogens is 240 g/mol. The van der Waals surface area contributed by atoms with Gasteiger partial charge in [-0.3, -0.25) is 4.90 Å². The largest absolute Gasteiger partial charge is 0.384 e. The van der Waals surface area contributed by atoms with E-state index in [9.17, 15) is 5.11 Å². The highest BCUT2D eigenvalue weighted by molar-refractivity contribution is 5.77. The molecule has 1 aromatic heterocycles. The second kappa shape index (κ2) is 5.61. The summed E-state index contributed by atoms with van der Waals surface area (Å²) in [7, 11) is 0. The molecule has 5 nitrogen and oxygen atoms in total. The molecule has 1 aliphatic heterocycles. The van der Waals surface area contributed by atoms with Crippen molar-refractivity contribution < 1.29 is 5.11 Å². The van der Waals surface area contributed by atoms with Gasteiger partial charge in [-0.2, -0.15) is 0 Å². The van der Waals surface area contributed by atoms with Crippen LogP contribution in [0.3, 0.4) is 0 Å². The number of aromatic nitrogens is 2. The van der Waals surface area contributed by atoms with Gasteiger partial charge in [-0.25, -0.2) is 9.97 Å². The van der Waals surface area contributed by atoms with Crippen molar-refractivity contribution in [3.05, 3.63) is 36.3 Å². The van der Waals surface area contributed by atoms with Crippen molar-refractivity contribution in [3.63, 3.8) is 0 Å². The Bertz CT molecular complexity index is 554. The van der Waals surface area contributed by atoms with E-state index in [1.807, 2.05) is 24.3 Å². The smallest absolute Gasteiger partial charge is 0.158 e. The summed E-state index contributed by atoms with van der Waals surface area (Å²) in [6.45, 7) is 4.48. The number of nitrogens with zero attached hydrogens (tertiary/aromatic N) is 3. The molecule has 0 aliphatic carbocycles. The summed E-state index contributed by atoms with van der Waals surface area (Å²) < 4.78 is 0. The lowest BCUT2D eigenvalue weighted by molar-refractivity contribution is 0.0992. The summed E-state index contributed by atoms with van der Waals surface area (Å²) in [6.07, 6.45) is 1.15. The number of aliphatic hydroxyl groups is 1. The Hall–Kier alpha value is -1.56. The van der Waals surface area contributed by atoms with Gasteiger partial charge in [-0.05, 0) is 6.07 Å². The molecule has 0 spiro atoms. The van der Waals surface area contributed by atoms with Gasteiger partial charge >= 0.3 is 0 Å². The molecule has 0 amide bonds. The molecule has 2 N–H and O–H groups in total. The molecule has 5 heteroatoms. The minimum atomic E-state index is -0.622. The zero-order chi connectivity index (χ0) is 13.1. The van der Waals surface area contributed by atoms with Crippen LogP contribution in [0.25, 0.3) is 10.9 Å². The van der Waals surface area contributed by atoms with Crippen molar-refractivity contribution in [2.24, 2.45) is 0 Å². The second-order valence-electron chi connectivity index (χ2n) is 4.85. The van der Waals surface area contributed by atoms with E-state index in [2.05, 4.69) is 20.2 Å². The summed E-state index contributed by atoms with van der Waals surface area (Å²) in [6, 6.07) is 7.82. The van der Waals surface area contributed by atoms with Gasteiger partial charge in [0.1, 0.15) is 6.10 Å². The van der Waals surface area contributed by atoms with Gasteiger partial charge in [-0.1, -0.05) is 18.2 Å². The Balaban J connectivity index is 1.75. The van der Waals surface area contributed by atoms with E-state index in [0.717, 1.165) is 37.1 Å². The molecule has 1 unspecified atom stereocenters. The third-order valence-corrected chi connectivity index (χ3v) is 3.45. The molecule has 0 bridgehead atoms. The fraction of sp³-hybridized carbons (Fsp3) is 0.429. The van der Waals surface area contributed by atoms with Crippen molar-refractivity contribution in [1.29, 1.82) is 0 Å². The maximum atomic E-state index is 10.2. The zero-order valence-corrected chi connectivity index (χ0v) is 10.8. The highest BCUT2D eigenvalue weighted by atomic mass is 16.3. The summed E-state index contributed by atoms with van der Waals surface area (Å²) in [5, 5.41) is 14.5. The summed E-state index contributed by atoms with van der Waals surface area (Å²) in [5.41, 5.74) is 0.881. The number of piperazine rings is 1. The van der Waals surface area contributed by atoms with E-state index in [-0.39, 0.29) is 0 Å². The second-order valence-corrected chi connectivity index (χ2v) is 4.85. The van der Waals surface area contributed by atoms with Crippen LogP contribution in [0.15, 0.2) is 30.5 Å². The molecule has 1 fully saturated rings. The Morgan fingerprint density at radius 3 is 2.89 bits per heavy atom. The monoisotopic (exact) mass is 258 g/mol. The zero-order valence-electron chi connectivity index (χ0n) is 10.8. The standard InChI is InChI=1S/C14H18N4O/c19-13(10-18-7-5-15-6-8-18)14-16-9-11-3-1-2-4-12(11)17-14/h1-4,9,13,15,19H,5-8,10H2. The van der Waals surface area contributed by atoms with Crippen LogP contribution in [-0.2, 0) is 0 Å². The number of benzene rings is 1. The fourth-order valence-electron chi connectivity index (χ4n) is 2.37. The highest BCUT2D eigenvalue weighted by Gasteiger charge is 2.17. The van der Waals surface area contributed by atoms with E-state index in [1.165, 1.54) is 0 Å². The number of nitrogens with one attached hydrogen (secondary N) is 1. The number of β-amino-alcohol motifs (C(OH)–C–C–N with tert-alkyl or cyclic N) is 1. The molecule has 1 atom stereocenters. The SMILES string of the molecule is OC(CN1CCNCC1)c1ncc2ccccc2n1. The predicted molar refractivity (Wildman–Crippen MR) is 73.8 cm³/mol. The molecule has 19 heavy (non-hydrogen) atoms. The van der Waals surface area contributed by atoms with Crippen molar-refractivity contribution in [2.75, 3.05) is 32.7 Å². The van der Waals surface area contributed by atoms with E-state index in [1.54, 1.807) is 6.20 Å². The van der Waals surface area contributed by atoms with E-state index < -0.39 is 6.10 Å². The summed E-state index contributed by atoms with van der Waals surface area (Å²) in [5.74, 6) is 0.511. The van der Waals surface area contributed by atoms with Gasteiger partial charge in [0.2, 0.25) is 0 Å². The summed E-state index contributed by atoms with van der Waals surface area (Å²) in [4.78, 5) is 10.9. The molecule has 0 radical (unpaired) electrons. The first kappa shape index (κ1) is 12.5. The first-order chi connectivity index (χ1) is 9.33. The minimum Gasteiger partial charge on any atom is -0.384 e. The normalized spacial score (nSPS) is 18.6. The maximum Gasteiger partial charge on any atom is 0.158 e. The Morgan fingerprint density at radius 1 is 1.26 bits per heavy atom. The van der Waals surface area contributed by atoms with E-state index in [0.29, 0.717) is 12.4 Å². The molecule has 1 aromatic carbocycles. The van der Waals surface area contributed by atoms with Gasteiger partial charge in [0.05, 0.1) is 5.52 Å². The van der Waals surface area contributed by atoms with Crippen molar-refractivity contribution in [3.8, 4) is 0 Å². The number of para-hydroxylation sites is 1. The number of hydrogen-bond donors (Lipinski definition) is 2. The van der Waals surface area contributed by atoms with Gasteiger partial charge in [-0.15, -0.1) is 0 Å². The van der Waals surface area contributed by atoms with E-state index in [4.69, 9.17) is 0 Å². The van der Waals surface area contributed by atoms with Crippen LogP contribution in [0, 0.1) is 0 Å². The van der Waals surface area contributed by atoms with Crippen LogP contribution in [0.4, 0.5) is 0 Å². The Morgan fingerprint density at radius 2 is 2.05 bits per heavy atom. The predicted octanol–water partition coefficient (Wildman–Crippen LogP) is 0.568. The first-order valence-corrected chi connectivity index (χ1v) is 6.66. The van der Waals surface area contributed by atoms with Gasteiger partial charge in [0, 0.05) is 44.3 Å². The molecule has 0 saturated carbocycles. The Labute approximate surface area is 112 Å². The number of aliphatic hydroxyl groups excluding tert-OH is 1. The van der Waals surface area contributed by atoms with Gasteiger partial charge < -0.3 is 10.4 Å². The number of rotatable bonds is 3. The van der Waals surface area contributed by atoms with Crippen LogP contribution in [0.5, 0.6) is 0 Å². The van der Waals surface area contributed by atoms with Crippen LogP contribution in [-0.4, -0.2) is 52.7 Å². The van der Waals surface area contributed by atoms with Crippen LogP contribution < -0.4 is 5.32 Å². The van der Waals surface area contributed by atoms with E-state index >= 15 is 0 Å². The average Bonchev–Trinajstić information content (AvgIpc) is 2.48. The van der Waals surface area contributed by atoms with Crippen molar-refractivity contribution in [1.82, 2.24) is 20.2 Å². The molecule has 2 heterocycles. The fourth-order valence-corrected chi connectivity index (χ4v) is 2.37. The molecule has 1 aliphatic rings.